The minimum absolute atomic E-state index is 0.254. The van der Waals surface area contributed by atoms with Crippen molar-refractivity contribution in [3.8, 4) is 0 Å². The molecule has 0 saturated carbocycles. The fourth-order valence-electron chi connectivity index (χ4n) is 1.93. The number of nitrogens with zero attached hydrogens (tertiary/aromatic N) is 1. The number of nitrogens with one attached hydrogen (secondary N) is 1. The van der Waals surface area contributed by atoms with Crippen molar-refractivity contribution < 1.29 is 14.3 Å². The Hall–Kier alpha value is -1.14. The van der Waals surface area contributed by atoms with Crippen molar-refractivity contribution in [3.63, 3.8) is 0 Å². The summed E-state index contributed by atoms with van der Waals surface area (Å²) in [4.78, 5) is 16.5. The number of methoxy groups -OCH3 is 1. The molecule has 0 aliphatic carbocycles. The Morgan fingerprint density at radius 3 is 3.11 bits per heavy atom. The molecule has 1 saturated heterocycles. The Morgan fingerprint density at radius 2 is 2.44 bits per heavy atom. The van der Waals surface area contributed by atoms with Crippen molar-refractivity contribution >= 4 is 22.4 Å². The van der Waals surface area contributed by atoms with Crippen LogP contribution in [0.25, 0.3) is 0 Å². The average molecular weight is 270 g/mol. The van der Waals surface area contributed by atoms with Crippen LogP contribution in [0.5, 0.6) is 0 Å². The van der Waals surface area contributed by atoms with E-state index < -0.39 is 0 Å². The van der Waals surface area contributed by atoms with E-state index in [0.717, 1.165) is 36.0 Å². The maximum atomic E-state index is 11.4. The highest BCUT2D eigenvalue weighted by molar-refractivity contribution is 7.15. The summed E-state index contributed by atoms with van der Waals surface area (Å²) < 4.78 is 10.3. The predicted octanol–water partition coefficient (Wildman–Crippen LogP) is 2.22. The minimum Gasteiger partial charge on any atom is -0.464 e. The largest absolute Gasteiger partial charge is 0.464 e. The Morgan fingerprint density at radius 1 is 1.61 bits per heavy atom. The van der Waals surface area contributed by atoms with Gasteiger partial charge in [-0.15, -0.1) is 11.3 Å². The molecule has 100 valence electrons. The van der Waals surface area contributed by atoms with Crippen LogP contribution >= 0.6 is 11.3 Å². The van der Waals surface area contributed by atoms with E-state index in [0.29, 0.717) is 5.69 Å². The number of hydrogen-bond acceptors (Lipinski definition) is 6. The summed E-state index contributed by atoms with van der Waals surface area (Å²) in [5.41, 5.74) is 0.398. The second kappa shape index (κ2) is 6.15. The smallest absolute Gasteiger partial charge is 0.357 e. The van der Waals surface area contributed by atoms with Gasteiger partial charge in [-0.1, -0.05) is 0 Å². The number of carbonyl (C=O) groups is 1. The lowest BCUT2D eigenvalue weighted by atomic mass is 10.1. The molecule has 1 aliphatic rings. The van der Waals surface area contributed by atoms with Crippen molar-refractivity contribution in [2.75, 3.05) is 25.6 Å². The molecule has 1 unspecified atom stereocenters. The number of carbonyl (C=O) groups excluding carboxylic acids is 1. The fourth-order valence-corrected chi connectivity index (χ4v) is 2.74. The number of anilines is 1. The molecule has 1 aromatic rings. The summed E-state index contributed by atoms with van der Waals surface area (Å²) in [6.45, 7) is 3.45. The Labute approximate surface area is 111 Å². The molecular weight excluding hydrogens is 252 g/mol. The van der Waals surface area contributed by atoms with E-state index in [9.17, 15) is 4.79 Å². The van der Waals surface area contributed by atoms with Crippen molar-refractivity contribution in [1.82, 2.24) is 4.98 Å². The Bertz CT molecular complexity index is 413. The normalized spacial score (nSPS) is 19.6. The van der Waals surface area contributed by atoms with Gasteiger partial charge in [0.25, 0.3) is 0 Å². The number of rotatable bonds is 4. The van der Waals surface area contributed by atoms with Gasteiger partial charge in [0.2, 0.25) is 0 Å². The van der Waals surface area contributed by atoms with Crippen LogP contribution in [0, 0.1) is 6.92 Å². The highest BCUT2D eigenvalue weighted by Crippen LogP contribution is 2.23. The van der Waals surface area contributed by atoms with E-state index in [1.807, 2.05) is 6.92 Å². The van der Waals surface area contributed by atoms with Crippen LogP contribution in [-0.4, -0.2) is 37.3 Å². The third-order valence-electron chi connectivity index (χ3n) is 2.93. The van der Waals surface area contributed by atoms with E-state index in [1.165, 1.54) is 24.9 Å². The number of ether oxygens (including phenoxy) is 2. The van der Waals surface area contributed by atoms with Gasteiger partial charge in [0.15, 0.2) is 10.8 Å². The first kappa shape index (κ1) is 13.3. The van der Waals surface area contributed by atoms with Crippen LogP contribution < -0.4 is 5.32 Å². The zero-order valence-corrected chi connectivity index (χ0v) is 11.5. The SMILES string of the molecule is COC(=O)c1nc(NCC2CCCCO2)sc1C. The molecule has 1 fully saturated rings. The molecule has 0 aromatic carbocycles. The third kappa shape index (κ3) is 3.20. The molecule has 6 heteroatoms. The molecule has 1 aromatic heterocycles. The molecule has 1 N–H and O–H groups in total. The first-order chi connectivity index (χ1) is 8.70. The van der Waals surface area contributed by atoms with E-state index in [2.05, 4.69) is 15.0 Å². The van der Waals surface area contributed by atoms with Gasteiger partial charge < -0.3 is 14.8 Å². The molecule has 1 atom stereocenters. The summed E-state index contributed by atoms with van der Waals surface area (Å²) in [6, 6.07) is 0. The lowest BCUT2D eigenvalue weighted by Crippen LogP contribution is -2.26. The lowest BCUT2D eigenvalue weighted by molar-refractivity contribution is 0.0247. The zero-order valence-electron chi connectivity index (χ0n) is 10.7. The van der Waals surface area contributed by atoms with Crippen molar-refractivity contribution in [3.05, 3.63) is 10.6 Å². The van der Waals surface area contributed by atoms with Crippen LogP contribution in [0.2, 0.25) is 0 Å². The topological polar surface area (TPSA) is 60.5 Å². The van der Waals surface area contributed by atoms with Gasteiger partial charge >= 0.3 is 5.97 Å². The molecule has 0 spiro atoms. The number of esters is 1. The van der Waals surface area contributed by atoms with Gasteiger partial charge in [-0.25, -0.2) is 9.78 Å². The zero-order chi connectivity index (χ0) is 13.0. The summed E-state index contributed by atoms with van der Waals surface area (Å²) in [6.07, 6.45) is 3.71. The first-order valence-corrected chi connectivity index (χ1v) is 6.93. The molecular formula is C12H18N2O3S. The summed E-state index contributed by atoms with van der Waals surface area (Å²) in [7, 11) is 1.37. The Balaban J connectivity index is 1.91. The molecule has 1 aliphatic heterocycles. The van der Waals surface area contributed by atoms with Crippen molar-refractivity contribution in [1.29, 1.82) is 0 Å². The molecule has 18 heavy (non-hydrogen) atoms. The average Bonchev–Trinajstić information content (AvgIpc) is 2.78. The van der Waals surface area contributed by atoms with E-state index in [4.69, 9.17) is 4.74 Å². The third-order valence-corrected chi connectivity index (χ3v) is 3.86. The lowest BCUT2D eigenvalue weighted by Gasteiger charge is -2.22. The number of thiazole rings is 1. The van der Waals surface area contributed by atoms with Crippen LogP contribution in [0.4, 0.5) is 5.13 Å². The second-order valence-electron chi connectivity index (χ2n) is 4.28. The van der Waals surface area contributed by atoms with Gasteiger partial charge in [0.1, 0.15) is 0 Å². The summed E-state index contributed by atoms with van der Waals surface area (Å²) >= 11 is 1.47. The number of hydrogen-bond donors (Lipinski definition) is 1. The fraction of sp³-hybridized carbons (Fsp3) is 0.667. The molecule has 0 bridgehead atoms. The molecule has 2 rings (SSSR count). The van der Waals surface area contributed by atoms with Crippen LogP contribution in [0.3, 0.4) is 0 Å². The van der Waals surface area contributed by atoms with Crippen LogP contribution in [0.1, 0.15) is 34.6 Å². The summed E-state index contributed by atoms with van der Waals surface area (Å²) in [5, 5.41) is 3.98. The minimum atomic E-state index is -0.384. The van der Waals surface area contributed by atoms with Crippen molar-refractivity contribution in [2.45, 2.75) is 32.3 Å². The van der Waals surface area contributed by atoms with E-state index >= 15 is 0 Å². The molecule has 2 heterocycles. The van der Waals surface area contributed by atoms with Gasteiger partial charge in [-0.2, -0.15) is 0 Å². The maximum Gasteiger partial charge on any atom is 0.357 e. The predicted molar refractivity (Wildman–Crippen MR) is 70.3 cm³/mol. The maximum absolute atomic E-state index is 11.4. The molecule has 0 amide bonds. The van der Waals surface area contributed by atoms with E-state index in [1.54, 1.807) is 0 Å². The number of aromatic nitrogens is 1. The molecule has 5 nitrogen and oxygen atoms in total. The standard InChI is InChI=1S/C12H18N2O3S/c1-8-10(11(15)16-2)14-12(18-8)13-7-9-5-3-4-6-17-9/h9H,3-7H2,1-2H3,(H,13,14). The highest BCUT2D eigenvalue weighted by atomic mass is 32.1. The van der Waals surface area contributed by atoms with Gasteiger partial charge in [0, 0.05) is 18.0 Å². The van der Waals surface area contributed by atoms with E-state index in [-0.39, 0.29) is 12.1 Å². The van der Waals surface area contributed by atoms with Gasteiger partial charge in [-0.3, -0.25) is 0 Å². The summed E-state index contributed by atoms with van der Waals surface area (Å²) in [5.74, 6) is -0.384. The Kier molecular flexibility index (Phi) is 4.54. The van der Waals surface area contributed by atoms with Crippen LogP contribution in [-0.2, 0) is 9.47 Å². The number of aryl methyl sites for hydroxylation is 1. The molecule has 0 radical (unpaired) electrons. The van der Waals surface area contributed by atoms with Crippen molar-refractivity contribution in [2.24, 2.45) is 0 Å². The second-order valence-corrected chi connectivity index (χ2v) is 5.49. The van der Waals surface area contributed by atoms with Gasteiger partial charge in [-0.05, 0) is 26.2 Å². The quantitative estimate of drug-likeness (QED) is 0.850. The van der Waals surface area contributed by atoms with Gasteiger partial charge in [0.05, 0.1) is 13.2 Å². The highest BCUT2D eigenvalue weighted by Gasteiger charge is 2.17. The first-order valence-electron chi connectivity index (χ1n) is 6.12. The monoisotopic (exact) mass is 270 g/mol. The van der Waals surface area contributed by atoms with Crippen LogP contribution in [0.15, 0.2) is 0 Å².